The van der Waals surface area contributed by atoms with Crippen LogP contribution < -0.4 is 0 Å². The molecule has 0 aliphatic heterocycles. The Labute approximate surface area is 102 Å². The van der Waals surface area contributed by atoms with E-state index >= 15 is 0 Å². The van der Waals surface area contributed by atoms with Gasteiger partial charge in [-0.25, -0.2) is 4.79 Å². The van der Waals surface area contributed by atoms with Gasteiger partial charge >= 0.3 is 5.97 Å². The van der Waals surface area contributed by atoms with E-state index in [0.29, 0.717) is 5.92 Å². The zero-order valence-electron chi connectivity index (χ0n) is 10.1. The molecule has 2 rings (SSSR count). The zero-order chi connectivity index (χ0) is 12.3. The number of rotatable bonds is 3. The minimum atomic E-state index is -0.839. The standard InChI is InChI=1S/C15H18O2/c1-11-5-4-8-13(9-11)14(10-15(16)17)12-6-2-3-7-12/h4-5,8-10,12H,2-3,6-7H2,1H3,(H,16,17)/b14-10+. The van der Waals surface area contributed by atoms with Gasteiger partial charge in [0.1, 0.15) is 0 Å². The number of carboxylic acids is 1. The number of aliphatic carboxylic acids is 1. The smallest absolute Gasteiger partial charge is 0.328 e. The van der Waals surface area contributed by atoms with Crippen molar-refractivity contribution in [2.75, 3.05) is 0 Å². The molecule has 0 radical (unpaired) electrons. The second-order valence-corrected chi connectivity index (χ2v) is 4.79. The Morgan fingerprint density at radius 1 is 1.35 bits per heavy atom. The molecule has 0 bridgehead atoms. The summed E-state index contributed by atoms with van der Waals surface area (Å²) in [6.07, 6.45) is 6.06. The fourth-order valence-electron chi connectivity index (χ4n) is 2.63. The van der Waals surface area contributed by atoms with Crippen LogP contribution in [0.5, 0.6) is 0 Å². The largest absolute Gasteiger partial charge is 0.478 e. The maximum absolute atomic E-state index is 10.9. The first-order valence-electron chi connectivity index (χ1n) is 6.18. The summed E-state index contributed by atoms with van der Waals surface area (Å²) in [7, 11) is 0. The fourth-order valence-corrected chi connectivity index (χ4v) is 2.63. The summed E-state index contributed by atoms with van der Waals surface area (Å²) >= 11 is 0. The van der Waals surface area contributed by atoms with E-state index in [2.05, 4.69) is 6.07 Å². The summed E-state index contributed by atoms with van der Waals surface area (Å²) in [4.78, 5) is 10.9. The van der Waals surface area contributed by atoms with Crippen LogP contribution in [0.3, 0.4) is 0 Å². The van der Waals surface area contributed by atoms with E-state index in [1.165, 1.54) is 24.5 Å². The van der Waals surface area contributed by atoms with E-state index in [0.717, 1.165) is 24.0 Å². The van der Waals surface area contributed by atoms with Crippen molar-refractivity contribution in [1.82, 2.24) is 0 Å². The van der Waals surface area contributed by atoms with E-state index in [4.69, 9.17) is 5.11 Å². The molecular weight excluding hydrogens is 212 g/mol. The second-order valence-electron chi connectivity index (χ2n) is 4.79. The van der Waals surface area contributed by atoms with Crippen LogP contribution in [0, 0.1) is 12.8 Å². The molecule has 1 aromatic rings. The number of allylic oxidation sites excluding steroid dienone is 1. The van der Waals surface area contributed by atoms with Crippen molar-refractivity contribution in [2.45, 2.75) is 32.6 Å². The molecule has 2 heteroatoms. The average molecular weight is 230 g/mol. The van der Waals surface area contributed by atoms with Gasteiger partial charge in [0, 0.05) is 6.08 Å². The first-order chi connectivity index (χ1) is 8.16. The third-order valence-electron chi connectivity index (χ3n) is 3.43. The zero-order valence-corrected chi connectivity index (χ0v) is 10.1. The number of benzene rings is 1. The van der Waals surface area contributed by atoms with Gasteiger partial charge in [-0.3, -0.25) is 0 Å². The van der Waals surface area contributed by atoms with Gasteiger partial charge in [-0.2, -0.15) is 0 Å². The second kappa shape index (κ2) is 5.17. The molecule has 90 valence electrons. The first kappa shape index (κ1) is 11.9. The monoisotopic (exact) mass is 230 g/mol. The molecule has 1 saturated carbocycles. The predicted molar refractivity (Wildman–Crippen MR) is 68.7 cm³/mol. The van der Waals surface area contributed by atoms with E-state index in [1.807, 2.05) is 25.1 Å². The van der Waals surface area contributed by atoms with Crippen LogP contribution in [-0.4, -0.2) is 11.1 Å². The molecule has 1 aliphatic carbocycles. The molecule has 0 spiro atoms. The van der Waals surface area contributed by atoms with E-state index < -0.39 is 5.97 Å². The highest BCUT2D eigenvalue weighted by molar-refractivity contribution is 5.90. The van der Waals surface area contributed by atoms with Gasteiger partial charge in [0.25, 0.3) is 0 Å². The third kappa shape index (κ3) is 2.96. The van der Waals surface area contributed by atoms with Gasteiger partial charge in [-0.15, -0.1) is 0 Å². The molecule has 2 nitrogen and oxygen atoms in total. The van der Waals surface area contributed by atoms with Crippen LogP contribution in [0.1, 0.15) is 36.8 Å². The maximum atomic E-state index is 10.9. The number of hydrogen-bond donors (Lipinski definition) is 1. The number of aryl methyl sites for hydroxylation is 1. The lowest BCUT2D eigenvalue weighted by Crippen LogP contribution is -2.02. The van der Waals surface area contributed by atoms with Crippen molar-refractivity contribution in [3.8, 4) is 0 Å². The Morgan fingerprint density at radius 2 is 2.06 bits per heavy atom. The normalized spacial score (nSPS) is 17.4. The highest BCUT2D eigenvalue weighted by Gasteiger charge is 2.21. The van der Waals surface area contributed by atoms with Crippen LogP contribution in [-0.2, 0) is 4.79 Å². The van der Waals surface area contributed by atoms with Gasteiger partial charge in [-0.05, 0) is 36.8 Å². The molecule has 1 aromatic carbocycles. The molecular formula is C15H18O2. The Hall–Kier alpha value is -1.57. The number of carbonyl (C=O) groups is 1. The average Bonchev–Trinajstić information content (AvgIpc) is 2.79. The minimum absolute atomic E-state index is 0.424. The summed E-state index contributed by atoms with van der Waals surface area (Å²) < 4.78 is 0. The SMILES string of the molecule is Cc1cccc(/C(=C/C(=O)O)C2CCCC2)c1. The summed E-state index contributed by atoms with van der Waals surface area (Å²) in [6.45, 7) is 2.04. The highest BCUT2D eigenvalue weighted by atomic mass is 16.4. The molecule has 0 saturated heterocycles. The lowest BCUT2D eigenvalue weighted by Gasteiger charge is -2.14. The Balaban J connectivity index is 2.36. The molecule has 1 aliphatic rings. The van der Waals surface area contributed by atoms with Crippen LogP contribution in [0.25, 0.3) is 5.57 Å². The van der Waals surface area contributed by atoms with Crippen molar-refractivity contribution in [3.63, 3.8) is 0 Å². The van der Waals surface area contributed by atoms with E-state index in [1.54, 1.807) is 0 Å². The van der Waals surface area contributed by atoms with E-state index in [9.17, 15) is 4.79 Å². The van der Waals surface area contributed by atoms with Crippen LogP contribution >= 0.6 is 0 Å². The molecule has 0 amide bonds. The molecule has 0 heterocycles. The van der Waals surface area contributed by atoms with Crippen molar-refractivity contribution in [2.24, 2.45) is 5.92 Å². The van der Waals surface area contributed by atoms with Gasteiger partial charge in [0.15, 0.2) is 0 Å². The summed E-state index contributed by atoms with van der Waals surface area (Å²) in [5, 5.41) is 9.00. The molecule has 1 fully saturated rings. The minimum Gasteiger partial charge on any atom is -0.478 e. The predicted octanol–water partition coefficient (Wildman–Crippen LogP) is 3.65. The molecule has 17 heavy (non-hydrogen) atoms. The molecule has 1 N–H and O–H groups in total. The van der Waals surface area contributed by atoms with Gasteiger partial charge in [0.05, 0.1) is 0 Å². The Morgan fingerprint density at radius 3 is 2.65 bits per heavy atom. The van der Waals surface area contributed by atoms with E-state index in [-0.39, 0.29) is 0 Å². The van der Waals surface area contributed by atoms with Gasteiger partial charge in [0.2, 0.25) is 0 Å². The maximum Gasteiger partial charge on any atom is 0.328 e. The molecule has 0 aromatic heterocycles. The lowest BCUT2D eigenvalue weighted by molar-refractivity contribution is -0.131. The van der Waals surface area contributed by atoms with Crippen molar-refractivity contribution in [3.05, 3.63) is 41.5 Å². The van der Waals surface area contributed by atoms with Crippen molar-refractivity contribution >= 4 is 11.5 Å². The van der Waals surface area contributed by atoms with Crippen LogP contribution in [0.2, 0.25) is 0 Å². The Kier molecular flexibility index (Phi) is 3.62. The quantitative estimate of drug-likeness (QED) is 0.805. The van der Waals surface area contributed by atoms with Crippen molar-refractivity contribution < 1.29 is 9.90 Å². The third-order valence-corrected chi connectivity index (χ3v) is 3.43. The number of carboxylic acid groups (broad SMARTS) is 1. The summed E-state index contributed by atoms with van der Waals surface area (Å²) in [5.41, 5.74) is 3.25. The lowest BCUT2D eigenvalue weighted by atomic mass is 9.90. The summed E-state index contributed by atoms with van der Waals surface area (Å²) in [6, 6.07) is 8.12. The first-order valence-corrected chi connectivity index (χ1v) is 6.18. The van der Waals surface area contributed by atoms with Gasteiger partial charge < -0.3 is 5.11 Å². The summed E-state index contributed by atoms with van der Waals surface area (Å²) in [5.74, 6) is -0.415. The fraction of sp³-hybridized carbons (Fsp3) is 0.400. The molecule has 0 atom stereocenters. The highest BCUT2D eigenvalue weighted by Crippen LogP contribution is 2.36. The topological polar surface area (TPSA) is 37.3 Å². The van der Waals surface area contributed by atoms with Crippen LogP contribution in [0.15, 0.2) is 30.3 Å². The number of hydrogen-bond acceptors (Lipinski definition) is 1. The Bertz CT molecular complexity index is 440. The van der Waals surface area contributed by atoms with Crippen molar-refractivity contribution in [1.29, 1.82) is 0 Å². The molecule has 0 unspecified atom stereocenters. The van der Waals surface area contributed by atoms with Gasteiger partial charge in [-0.1, -0.05) is 42.7 Å². The van der Waals surface area contributed by atoms with Crippen LogP contribution in [0.4, 0.5) is 0 Å².